The average molecular weight is 387 g/mol. The molecule has 0 bridgehead atoms. The van der Waals surface area contributed by atoms with Crippen LogP contribution in [0.3, 0.4) is 0 Å². The van der Waals surface area contributed by atoms with Gasteiger partial charge in [0.15, 0.2) is 5.17 Å². The minimum Gasteiger partial charge on any atom is -0.497 e. The molecule has 0 aliphatic carbocycles. The third-order valence-electron chi connectivity index (χ3n) is 3.89. The lowest BCUT2D eigenvalue weighted by molar-refractivity contribution is -0.124. The largest absolute Gasteiger partial charge is 0.497 e. The van der Waals surface area contributed by atoms with Crippen LogP contribution in [-0.2, 0) is 11.3 Å². The monoisotopic (exact) mass is 387 g/mol. The second-order valence-electron chi connectivity index (χ2n) is 5.63. The van der Waals surface area contributed by atoms with Crippen molar-refractivity contribution in [2.24, 2.45) is 10.2 Å². The number of nitrogens with zero attached hydrogens (tertiary/aromatic N) is 3. The Bertz CT molecular complexity index is 884. The minimum absolute atomic E-state index is 0.0553. The molecule has 1 saturated heterocycles. The minimum atomic E-state index is -0.312. The number of rotatable bonds is 6. The summed E-state index contributed by atoms with van der Waals surface area (Å²) in [5.41, 5.74) is 1.56. The summed E-state index contributed by atoms with van der Waals surface area (Å²) in [7, 11) is 3.15. The molecule has 1 aliphatic rings. The third kappa shape index (κ3) is 4.65. The number of thioether (sulfide) groups is 1. The number of amidine groups is 1. The van der Waals surface area contributed by atoms with E-state index in [0.29, 0.717) is 29.0 Å². The van der Waals surface area contributed by atoms with Gasteiger partial charge >= 0.3 is 0 Å². The molecule has 1 heterocycles. The maximum absolute atomic E-state index is 13.0. The average Bonchev–Trinajstić information content (AvgIpc) is 3.03. The zero-order chi connectivity index (χ0) is 19.2. The molecule has 1 fully saturated rings. The van der Waals surface area contributed by atoms with Crippen molar-refractivity contribution in [1.82, 2.24) is 4.90 Å². The van der Waals surface area contributed by atoms with Crippen LogP contribution in [0.1, 0.15) is 11.1 Å². The number of benzene rings is 2. The van der Waals surface area contributed by atoms with E-state index in [9.17, 15) is 9.18 Å². The summed E-state index contributed by atoms with van der Waals surface area (Å²) in [6.07, 6.45) is 1.56. The Morgan fingerprint density at radius 3 is 2.67 bits per heavy atom. The molecule has 2 aromatic rings. The Kier molecular flexibility index (Phi) is 6.08. The van der Waals surface area contributed by atoms with Crippen LogP contribution in [0.15, 0.2) is 52.7 Å². The molecule has 0 radical (unpaired) electrons. The van der Waals surface area contributed by atoms with Crippen LogP contribution >= 0.6 is 11.8 Å². The molecule has 3 rings (SSSR count). The summed E-state index contributed by atoms with van der Waals surface area (Å²) in [6.45, 7) is 0.326. The molecule has 2 aromatic carbocycles. The Morgan fingerprint density at radius 1 is 1.19 bits per heavy atom. The summed E-state index contributed by atoms with van der Waals surface area (Å²) in [6, 6.07) is 11.4. The first kappa shape index (κ1) is 18.9. The second kappa shape index (κ2) is 8.68. The summed E-state index contributed by atoms with van der Waals surface area (Å²) >= 11 is 1.32. The Balaban J connectivity index is 1.76. The normalized spacial score (nSPS) is 15.7. The van der Waals surface area contributed by atoms with Crippen LogP contribution in [0.4, 0.5) is 4.39 Å². The molecule has 0 spiro atoms. The highest BCUT2D eigenvalue weighted by molar-refractivity contribution is 8.15. The number of hydrogen-bond donors (Lipinski definition) is 0. The van der Waals surface area contributed by atoms with Crippen molar-refractivity contribution in [2.45, 2.75) is 6.54 Å². The lowest BCUT2D eigenvalue weighted by Crippen LogP contribution is -2.28. The van der Waals surface area contributed by atoms with E-state index in [1.807, 2.05) is 6.07 Å². The number of amides is 1. The first-order valence-electron chi connectivity index (χ1n) is 8.11. The first-order valence-corrected chi connectivity index (χ1v) is 9.10. The van der Waals surface area contributed by atoms with E-state index in [0.717, 1.165) is 11.1 Å². The number of carbonyl (C=O) groups is 1. The number of methoxy groups -OCH3 is 2. The highest BCUT2D eigenvalue weighted by Gasteiger charge is 2.28. The molecule has 0 aromatic heterocycles. The van der Waals surface area contributed by atoms with Crippen LogP contribution in [0, 0.1) is 5.82 Å². The summed E-state index contributed by atoms with van der Waals surface area (Å²) in [4.78, 5) is 13.7. The van der Waals surface area contributed by atoms with Gasteiger partial charge in [0.1, 0.15) is 17.3 Å². The molecule has 8 heteroatoms. The van der Waals surface area contributed by atoms with Crippen LogP contribution in [0.5, 0.6) is 11.5 Å². The lowest BCUT2D eigenvalue weighted by Gasteiger charge is -2.15. The number of carbonyl (C=O) groups excluding carboxylic acids is 1. The van der Waals surface area contributed by atoms with Crippen molar-refractivity contribution in [2.75, 3.05) is 20.0 Å². The smallest absolute Gasteiger partial charge is 0.239 e. The van der Waals surface area contributed by atoms with E-state index in [1.165, 1.54) is 23.9 Å². The molecule has 0 unspecified atom stereocenters. The zero-order valence-corrected chi connectivity index (χ0v) is 15.7. The van der Waals surface area contributed by atoms with Crippen LogP contribution in [0.25, 0.3) is 0 Å². The van der Waals surface area contributed by atoms with Gasteiger partial charge in [-0.15, -0.1) is 5.10 Å². The molecule has 0 saturated carbocycles. The third-order valence-corrected chi connectivity index (χ3v) is 4.84. The summed E-state index contributed by atoms with van der Waals surface area (Å²) in [5.74, 6) is 1.23. The quantitative estimate of drug-likeness (QED) is 0.564. The van der Waals surface area contributed by atoms with Crippen molar-refractivity contribution in [3.8, 4) is 11.5 Å². The predicted molar refractivity (Wildman–Crippen MR) is 104 cm³/mol. The standard InChI is InChI=1S/C19H18FN3O3S/c1-25-16-8-5-14(17(9-16)26-2)10-21-22-19-23(18(24)12-27-19)11-13-3-6-15(20)7-4-13/h3-10H,11-12H2,1-2H3/b21-10+,22-19+. The van der Waals surface area contributed by atoms with Crippen LogP contribution in [0.2, 0.25) is 0 Å². The van der Waals surface area contributed by atoms with Gasteiger partial charge in [0.2, 0.25) is 5.91 Å². The fourth-order valence-corrected chi connectivity index (χ4v) is 3.30. The molecular weight excluding hydrogens is 369 g/mol. The topological polar surface area (TPSA) is 63.5 Å². The molecule has 1 aliphatic heterocycles. The number of ether oxygens (including phenoxy) is 2. The van der Waals surface area contributed by atoms with Crippen molar-refractivity contribution < 1.29 is 18.7 Å². The highest BCUT2D eigenvalue weighted by Crippen LogP contribution is 2.24. The molecule has 0 N–H and O–H groups in total. The summed E-state index contributed by atoms with van der Waals surface area (Å²) in [5, 5.41) is 8.78. The Morgan fingerprint density at radius 2 is 1.96 bits per heavy atom. The molecule has 6 nitrogen and oxygen atoms in total. The van der Waals surface area contributed by atoms with Crippen molar-refractivity contribution >= 4 is 29.1 Å². The summed E-state index contributed by atoms with van der Waals surface area (Å²) < 4.78 is 23.5. The number of hydrogen-bond acceptors (Lipinski definition) is 6. The molecule has 0 atom stereocenters. The van der Waals surface area contributed by atoms with E-state index in [4.69, 9.17) is 9.47 Å². The maximum Gasteiger partial charge on any atom is 0.239 e. The Hall–Kier alpha value is -2.87. The Labute approximate surface area is 160 Å². The van der Waals surface area contributed by atoms with Gasteiger partial charge in [0.05, 0.1) is 32.7 Å². The lowest BCUT2D eigenvalue weighted by atomic mass is 10.2. The van der Waals surface area contributed by atoms with Gasteiger partial charge in [-0.2, -0.15) is 5.10 Å². The van der Waals surface area contributed by atoms with Crippen LogP contribution in [-0.4, -0.2) is 42.2 Å². The molecule has 140 valence electrons. The fraction of sp³-hybridized carbons (Fsp3) is 0.211. The van der Waals surface area contributed by atoms with E-state index >= 15 is 0 Å². The maximum atomic E-state index is 13.0. The van der Waals surface area contributed by atoms with Gasteiger partial charge in [-0.3, -0.25) is 9.69 Å². The molecule has 27 heavy (non-hydrogen) atoms. The molecular formula is C19H18FN3O3S. The highest BCUT2D eigenvalue weighted by atomic mass is 32.2. The predicted octanol–water partition coefficient (Wildman–Crippen LogP) is 3.31. The van der Waals surface area contributed by atoms with E-state index in [-0.39, 0.29) is 11.7 Å². The van der Waals surface area contributed by atoms with Crippen molar-refractivity contribution in [3.05, 3.63) is 59.4 Å². The zero-order valence-electron chi connectivity index (χ0n) is 14.9. The van der Waals surface area contributed by atoms with Gasteiger partial charge in [-0.25, -0.2) is 4.39 Å². The van der Waals surface area contributed by atoms with E-state index in [1.54, 1.807) is 49.6 Å². The van der Waals surface area contributed by atoms with E-state index < -0.39 is 0 Å². The van der Waals surface area contributed by atoms with Crippen molar-refractivity contribution in [1.29, 1.82) is 0 Å². The van der Waals surface area contributed by atoms with Gasteiger partial charge < -0.3 is 9.47 Å². The van der Waals surface area contributed by atoms with Gasteiger partial charge in [0.25, 0.3) is 0 Å². The second-order valence-corrected chi connectivity index (χ2v) is 6.57. The molecule has 1 amide bonds. The van der Waals surface area contributed by atoms with Crippen molar-refractivity contribution in [3.63, 3.8) is 0 Å². The van der Waals surface area contributed by atoms with Crippen LogP contribution < -0.4 is 9.47 Å². The number of halogens is 1. The van der Waals surface area contributed by atoms with Gasteiger partial charge in [-0.05, 0) is 29.8 Å². The fourth-order valence-electron chi connectivity index (χ4n) is 2.47. The van der Waals surface area contributed by atoms with Gasteiger partial charge in [0, 0.05) is 11.6 Å². The van der Waals surface area contributed by atoms with E-state index in [2.05, 4.69) is 10.2 Å². The first-order chi connectivity index (χ1) is 13.1. The SMILES string of the molecule is COc1ccc(/C=N/N=C2/SCC(=O)N2Cc2ccc(F)cc2)c(OC)c1. The van der Waals surface area contributed by atoms with Gasteiger partial charge in [-0.1, -0.05) is 23.9 Å².